The van der Waals surface area contributed by atoms with E-state index in [2.05, 4.69) is 47.4 Å². The number of rotatable bonds is 3. The summed E-state index contributed by atoms with van der Waals surface area (Å²) >= 11 is 0. The van der Waals surface area contributed by atoms with Gasteiger partial charge in [0, 0.05) is 32.7 Å². The molecule has 0 spiro atoms. The van der Waals surface area contributed by atoms with Gasteiger partial charge in [0.05, 0.1) is 0 Å². The van der Waals surface area contributed by atoms with Gasteiger partial charge in [-0.25, -0.2) is 4.79 Å². The topological polar surface area (TPSA) is 43.8 Å². The third-order valence-corrected chi connectivity index (χ3v) is 4.63. The second-order valence-corrected chi connectivity index (χ2v) is 6.08. The van der Waals surface area contributed by atoms with E-state index in [-0.39, 0.29) is 6.04 Å². The van der Waals surface area contributed by atoms with Gasteiger partial charge in [0.2, 0.25) is 0 Å². The highest BCUT2D eigenvalue weighted by Gasteiger charge is 2.24. The summed E-state index contributed by atoms with van der Waals surface area (Å²) in [5.74, 6) is 0. The molecule has 0 aliphatic carbocycles. The number of benzene rings is 2. The monoisotopic (exact) mass is 298 g/mol. The Morgan fingerprint density at radius 1 is 1.18 bits per heavy atom. The van der Waals surface area contributed by atoms with Crippen LogP contribution in [-0.2, 0) is 6.54 Å². The van der Waals surface area contributed by atoms with Gasteiger partial charge in [0.25, 0.3) is 0 Å². The molecule has 2 aromatic carbocycles. The minimum Gasteiger partial charge on any atom is -0.465 e. The van der Waals surface area contributed by atoms with E-state index < -0.39 is 6.09 Å². The van der Waals surface area contributed by atoms with E-state index in [1.165, 1.54) is 21.2 Å². The quantitative estimate of drug-likeness (QED) is 0.944. The van der Waals surface area contributed by atoms with Gasteiger partial charge >= 0.3 is 6.09 Å². The van der Waals surface area contributed by atoms with Crippen molar-refractivity contribution in [1.82, 2.24) is 9.80 Å². The average Bonchev–Trinajstić information content (AvgIpc) is 2.55. The number of amides is 1. The fourth-order valence-corrected chi connectivity index (χ4v) is 3.22. The summed E-state index contributed by atoms with van der Waals surface area (Å²) in [6.45, 7) is 2.85. The Morgan fingerprint density at radius 3 is 2.55 bits per heavy atom. The smallest absolute Gasteiger partial charge is 0.407 e. The predicted molar refractivity (Wildman–Crippen MR) is 88.0 cm³/mol. The van der Waals surface area contributed by atoms with E-state index in [1.54, 1.807) is 7.05 Å². The lowest BCUT2D eigenvalue weighted by Gasteiger charge is -2.35. The lowest BCUT2D eigenvalue weighted by atomic mass is 10.0. The molecule has 1 aliphatic heterocycles. The number of nitrogens with zero attached hydrogens (tertiary/aromatic N) is 2. The molecule has 2 aromatic rings. The van der Waals surface area contributed by atoms with E-state index >= 15 is 0 Å². The lowest BCUT2D eigenvalue weighted by Crippen LogP contribution is -2.44. The largest absolute Gasteiger partial charge is 0.465 e. The Bertz CT molecular complexity index is 663. The number of carbonyl (C=O) groups is 1. The molecule has 1 amide bonds. The molecule has 116 valence electrons. The first-order chi connectivity index (χ1) is 10.6. The van der Waals surface area contributed by atoms with Crippen LogP contribution >= 0.6 is 0 Å². The molecule has 22 heavy (non-hydrogen) atoms. The van der Waals surface area contributed by atoms with Crippen molar-refractivity contribution >= 4 is 16.9 Å². The lowest BCUT2D eigenvalue weighted by molar-refractivity contribution is 0.103. The minimum atomic E-state index is -0.826. The van der Waals surface area contributed by atoms with Crippen LogP contribution in [0, 0.1) is 0 Å². The summed E-state index contributed by atoms with van der Waals surface area (Å²) in [7, 11) is 1.67. The Kier molecular flexibility index (Phi) is 4.29. The van der Waals surface area contributed by atoms with Crippen LogP contribution in [0.25, 0.3) is 10.8 Å². The zero-order valence-electron chi connectivity index (χ0n) is 12.9. The Morgan fingerprint density at radius 2 is 1.86 bits per heavy atom. The number of fused-ring (bicyclic) bond motifs is 1. The first-order valence-corrected chi connectivity index (χ1v) is 7.79. The molecular weight excluding hydrogens is 276 g/mol. The molecule has 1 aliphatic rings. The second kappa shape index (κ2) is 6.36. The Balaban J connectivity index is 1.61. The van der Waals surface area contributed by atoms with E-state index in [0.717, 1.165) is 32.5 Å². The third-order valence-electron chi connectivity index (χ3n) is 4.63. The fraction of sp³-hybridized carbons (Fsp3) is 0.389. The molecule has 4 nitrogen and oxygen atoms in total. The summed E-state index contributed by atoms with van der Waals surface area (Å²) in [6.07, 6.45) is 1.00. The number of carboxylic acid groups (broad SMARTS) is 1. The second-order valence-electron chi connectivity index (χ2n) is 6.08. The van der Waals surface area contributed by atoms with Gasteiger partial charge in [0.1, 0.15) is 0 Å². The molecule has 1 heterocycles. The van der Waals surface area contributed by atoms with Crippen molar-refractivity contribution < 1.29 is 9.90 Å². The zero-order chi connectivity index (χ0) is 15.5. The highest BCUT2D eigenvalue weighted by molar-refractivity contribution is 5.82. The van der Waals surface area contributed by atoms with Crippen molar-refractivity contribution in [1.29, 1.82) is 0 Å². The van der Waals surface area contributed by atoms with Crippen LogP contribution < -0.4 is 0 Å². The first-order valence-electron chi connectivity index (χ1n) is 7.79. The van der Waals surface area contributed by atoms with Gasteiger partial charge in [-0.05, 0) is 35.2 Å². The maximum Gasteiger partial charge on any atom is 0.407 e. The molecule has 0 unspecified atom stereocenters. The molecule has 0 radical (unpaired) electrons. The summed E-state index contributed by atoms with van der Waals surface area (Å²) in [5.41, 5.74) is 1.32. The van der Waals surface area contributed by atoms with E-state index in [0.29, 0.717) is 0 Å². The maximum atomic E-state index is 11.0. The predicted octanol–water partition coefficient (Wildman–Crippen LogP) is 3.41. The van der Waals surface area contributed by atoms with Crippen molar-refractivity contribution in [3.05, 3.63) is 48.0 Å². The van der Waals surface area contributed by atoms with Gasteiger partial charge in [-0.3, -0.25) is 4.90 Å². The van der Waals surface area contributed by atoms with Crippen LogP contribution in [0.4, 0.5) is 4.79 Å². The summed E-state index contributed by atoms with van der Waals surface area (Å²) < 4.78 is 0. The van der Waals surface area contributed by atoms with Gasteiger partial charge in [-0.1, -0.05) is 36.4 Å². The molecule has 4 heteroatoms. The Labute approximate surface area is 131 Å². The summed E-state index contributed by atoms with van der Waals surface area (Å²) in [5, 5.41) is 11.6. The van der Waals surface area contributed by atoms with Crippen molar-refractivity contribution in [2.45, 2.75) is 25.4 Å². The highest BCUT2D eigenvalue weighted by atomic mass is 16.4. The summed E-state index contributed by atoms with van der Waals surface area (Å²) in [4.78, 5) is 14.9. The number of piperidine rings is 1. The van der Waals surface area contributed by atoms with E-state index in [4.69, 9.17) is 5.11 Å². The van der Waals surface area contributed by atoms with E-state index in [1.807, 2.05) is 0 Å². The standard InChI is InChI=1S/C18H22N2O2/c1-19(18(21)22)17-8-10-20(11-9-17)13-14-6-7-15-4-2-3-5-16(15)12-14/h2-7,12,17H,8-11,13H2,1H3,(H,21,22). The molecule has 0 aromatic heterocycles. The van der Waals surface area contributed by atoms with Crippen LogP contribution in [0.2, 0.25) is 0 Å². The molecule has 0 atom stereocenters. The Hall–Kier alpha value is -2.07. The third kappa shape index (κ3) is 3.22. The number of likely N-dealkylation sites (tertiary alicyclic amines) is 1. The van der Waals surface area contributed by atoms with Crippen molar-refractivity contribution in [3.63, 3.8) is 0 Å². The molecule has 1 saturated heterocycles. The summed E-state index contributed by atoms with van der Waals surface area (Å²) in [6, 6.07) is 15.2. The van der Waals surface area contributed by atoms with Gasteiger partial charge in [-0.15, -0.1) is 0 Å². The van der Waals surface area contributed by atoms with Crippen LogP contribution in [-0.4, -0.2) is 47.2 Å². The van der Waals surface area contributed by atoms with Crippen LogP contribution in [0.15, 0.2) is 42.5 Å². The van der Waals surface area contributed by atoms with Crippen molar-refractivity contribution in [2.24, 2.45) is 0 Å². The molecular formula is C18H22N2O2. The zero-order valence-corrected chi connectivity index (χ0v) is 12.9. The molecule has 0 bridgehead atoms. The normalized spacial score (nSPS) is 16.8. The van der Waals surface area contributed by atoms with Gasteiger partial charge < -0.3 is 10.0 Å². The number of hydrogen-bond acceptors (Lipinski definition) is 2. The maximum absolute atomic E-state index is 11.0. The van der Waals surface area contributed by atoms with E-state index in [9.17, 15) is 4.79 Å². The molecule has 1 N–H and O–H groups in total. The minimum absolute atomic E-state index is 0.158. The molecule has 3 rings (SSSR count). The highest BCUT2D eigenvalue weighted by Crippen LogP contribution is 2.20. The van der Waals surface area contributed by atoms with Gasteiger partial charge in [-0.2, -0.15) is 0 Å². The van der Waals surface area contributed by atoms with Crippen molar-refractivity contribution in [2.75, 3.05) is 20.1 Å². The first kappa shape index (κ1) is 14.9. The number of hydrogen-bond donors (Lipinski definition) is 1. The van der Waals surface area contributed by atoms with Crippen LogP contribution in [0.5, 0.6) is 0 Å². The van der Waals surface area contributed by atoms with Crippen LogP contribution in [0.1, 0.15) is 18.4 Å². The molecule has 1 fully saturated rings. The van der Waals surface area contributed by atoms with Crippen molar-refractivity contribution in [3.8, 4) is 0 Å². The van der Waals surface area contributed by atoms with Crippen LogP contribution in [0.3, 0.4) is 0 Å². The average molecular weight is 298 g/mol. The fourth-order valence-electron chi connectivity index (χ4n) is 3.22. The molecule has 0 saturated carbocycles. The van der Waals surface area contributed by atoms with Gasteiger partial charge in [0.15, 0.2) is 0 Å². The SMILES string of the molecule is CN(C(=O)O)C1CCN(Cc2ccc3ccccc3c2)CC1.